The minimum absolute atomic E-state index is 0.284. The quantitative estimate of drug-likeness (QED) is 0.595. The predicted octanol–water partition coefficient (Wildman–Crippen LogP) is 2.28. The van der Waals surface area contributed by atoms with Crippen LogP contribution in [0, 0.1) is 6.92 Å². The van der Waals surface area contributed by atoms with E-state index >= 15 is 0 Å². The molecule has 2 aliphatic rings. The molecule has 0 atom stereocenters. The number of thiocarbonyl (C=S) groups is 1. The molecule has 1 fully saturated rings. The standard InChI is InChI=1S/C20H23N5O2S/c1-14-6-8-21-18-17(7-13-27-19(14)18)22-23-20(28)25-11-9-24(10-12-25)15-2-4-16(26)5-3-15/h2-6,8,26H,7,9-13H2,1H3,(H,23,28)/b22-17-. The highest BCUT2D eigenvalue weighted by molar-refractivity contribution is 7.80. The second-order valence-electron chi connectivity index (χ2n) is 6.87. The highest BCUT2D eigenvalue weighted by atomic mass is 32.1. The first-order valence-corrected chi connectivity index (χ1v) is 9.77. The number of ether oxygens (including phenoxy) is 1. The van der Waals surface area contributed by atoms with Gasteiger partial charge >= 0.3 is 0 Å². The van der Waals surface area contributed by atoms with Crippen LogP contribution in [0.25, 0.3) is 0 Å². The molecule has 2 aromatic rings. The normalized spacial score (nSPS) is 17.8. The van der Waals surface area contributed by atoms with Crippen molar-refractivity contribution >= 4 is 28.7 Å². The molecule has 0 radical (unpaired) electrons. The Hall–Kier alpha value is -2.87. The van der Waals surface area contributed by atoms with Gasteiger partial charge in [0.25, 0.3) is 0 Å². The lowest BCUT2D eigenvalue weighted by molar-refractivity contribution is 0.315. The van der Waals surface area contributed by atoms with Gasteiger partial charge in [-0.25, -0.2) is 0 Å². The van der Waals surface area contributed by atoms with Gasteiger partial charge in [0.1, 0.15) is 17.2 Å². The molecule has 1 aromatic carbocycles. The van der Waals surface area contributed by atoms with Crippen LogP contribution in [0.15, 0.2) is 41.6 Å². The summed E-state index contributed by atoms with van der Waals surface area (Å²) in [5, 5.41) is 14.6. The number of nitrogens with one attached hydrogen (secondary N) is 1. The number of aryl methyl sites for hydroxylation is 1. The van der Waals surface area contributed by atoms with E-state index in [-0.39, 0.29) is 5.75 Å². The number of phenolic OH excluding ortho intramolecular Hbond substituents is 1. The number of benzene rings is 1. The zero-order chi connectivity index (χ0) is 19.5. The summed E-state index contributed by atoms with van der Waals surface area (Å²) in [7, 11) is 0. The summed E-state index contributed by atoms with van der Waals surface area (Å²) in [5.74, 6) is 1.09. The van der Waals surface area contributed by atoms with Gasteiger partial charge in [0.15, 0.2) is 5.11 Å². The van der Waals surface area contributed by atoms with E-state index in [1.54, 1.807) is 18.3 Å². The van der Waals surface area contributed by atoms with Gasteiger partial charge in [-0.1, -0.05) is 0 Å². The highest BCUT2D eigenvalue weighted by Gasteiger charge is 2.22. The number of phenols is 1. The molecule has 0 aliphatic carbocycles. The number of hydrogen-bond acceptors (Lipinski definition) is 6. The van der Waals surface area contributed by atoms with Crippen molar-refractivity contribution in [2.24, 2.45) is 5.10 Å². The molecule has 2 aliphatic heterocycles. The average molecular weight is 398 g/mol. The summed E-state index contributed by atoms with van der Waals surface area (Å²) in [5.41, 5.74) is 6.87. The second kappa shape index (κ2) is 8.02. The maximum absolute atomic E-state index is 9.44. The van der Waals surface area contributed by atoms with Crippen LogP contribution in [-0.4, -0.2) is 58.6 Å². The van der Waals surface area contributed by atoms with Crippen molar-refractivity contribution in [3.63, 3.8) is 0 Å². The zero-order valence-corrected chi connectivity index (χ0v) is 16.6. The molecule has 4 rings (SSSR count). The van der Waals surface area contributed by atoms with Crippen molar-refractivity contribution in [3.8, 4) is 11.5 Å². The Bertz CT molecular complexity index is 892. The lowest BCUT2D eigenvalue weighted by Crippen LogP contribution is -2.51. The van der Waals surface area contributed by atoms with E-state index in [2.05, 4.69) is 25.3 Å². The van der Waals surface area contributed by atoms with E-state index in [1.165, 1.54) is 0 Å². The molecular formula is C20H23N5O2S. The molecule has 0 amide bonds. The van der Waals surface area contributed by atoms with Gasteiger partial charge in [0, 0.05) is 44.5 Å². The number of nitrogens with zero attached hydrogens (tertiary/aromatic N) is 4. The summed E-state index contributed by atoms with van der Waals surface area (Å²) in [6.45, 7) is 5.96. The van der Waals surface area contributed by atoms with Crippen molar-refractivity contribution < 1.29 is 9.84 Å². The largest absolute Gasteiger partial charge is 0.508 e. The lowest BCUT2D eigenvalue weighted by atomic mass is 10.1. The zero-order valence-electron chi connectivity index (χ0n) is 15.8. The molecule has 3 heterocycles. The molecule has 0 unspecified atom stereocenters. The number of aromatic hydroxyl groups is 1. The van der Waals surface area contributed by atoms with Gasteiger partial charge in [-0.2, -0.15) is 5.10 Å². The molecule has 1 aromatic heterocycles. The second-order valence-corrected chi connectivity index (χ2v) is 7.26. The number of hydrogen-bond donors (Lipinski definition) is 2. The fraction of sp³-hybridized carbons (Fsp3) is 0.350. The fourth-order valence-electron chi connectivity index (χ4n) is 3.43. The van der Waals surface area contributed by atoms with Crippen LogP contribution >= 0.6 is 12.2 Å². The molecule has 0 bridgehead atoms. The minimum atomic E-state index is 0.284. The van der Waals surface area contributed by atoms with E-state index in [0.29, 0.717) is 18.1 Å². The Labute approximate surface area is 169 Å². The highest BCUT2D eigenvalue weighted by Crippen LogP contribution is 2.26. The van der Waals surface area contributed by atoms with Gasteiger partial charge in [0.05, 0.1) is 12.3 Å². The molecule has 0 saturated carbocycles. The van der Waals surface area contributed by atoms with Crippen molar-refractivity contribution in [3.05, 3.63) is 47.8 Å². The third kappa shape index (κ3) is 3.87. The number of aromatic nitrogens is 1. The molecule has 146 valence electrons. The van der Waals surface area contributed by atoms with E-state index in [1.807, 2.05) is 25.1 Å². The summed E-state index contributed by atoms with van der Waals surface area (Å²) >= 11 is 5.54. The summed E-state index contributed by atoms with van der Waals surface area (Å²) in [6, 6.07) is 9.24. The van der Waals surface area contributed by atoms with Crippen LogP contribution in [-0.2, 0) is 0 Å². The molecule has 0 spiro atoms. The Balaban J connectivity index is 1.36. The maximum Gasteiger partial charge on any atom is 0.189 e. The maximum atomic E-state index is 9.44. The first kappa shape index (κ1) is 18.5. The smallest absolute Gasteiger partial charge is 0.189 e. The van der Waals surface area contributed by atoms with Crippen LogP contribution in [0.1, 0.15) is 17.7 Å². The molecule has 8 heteroatoms. The minimum Gasteiger partial charge on any atom is -0.508 e. The van der Waals surface area contributed by atoms with Crippen LogP contribution in [0.4, 0.5) is 5.69 Å². The summed E-state index contributed by atoms with van der Waals surface area (Å²) in [4.78, 5) is 8.83. The van der Waals surface area contributed by atoms with Crippen molar-refractivity contribution in [1.29, 1.82) is 0 Å². The van der Waals surface area contributed by atoms with Gasteiger partial charge in [-0.15, -0.1) is 0 Å². The Kier molecular flexibility index (Phi) is 5.29. The molecule has 7 nitrogen and oxygen atoms in total. The fourth-order valence-corrected chi connectivity index (χ4v) is 3.65. The van der Waals surface area contributed by atoms with E-state index in [4.69, 9.17) is 17.0 Å². The molecule has 2 N–H and O–H groups in total. The third-order valence-electron chi connectivity index (χ3n) is 5.03. The van der Waals surface area contributed by atoms with Crippen LogP contribution in [0.2, 0.25) is 0 Å². The van der Waals surface area contributed by atoms with E-state index in [0.717, 1.165) is 54.6 Å². The van der Waals surface area contributed by atoms with Gasteiger partial charge in [0.2, 0.25) is 0 Å². The van der Waals surface area contributed by atoms with E-state index < -0.39 is 0 Å². The number of hydrazone groups is 1. The van der Waals surface area contributed by atoms with Crippen LogP contribution in [0.5, 0.6) is 11.5 Å². The third-order valence-corrected chi connectivity index (χ3v) is 5.38. The van der Waals surface area contributed by atoms with Crippen LogP contribution < -0.4 is 15.1 Å². The van der Waals surface area contributed by atoms with Gasteiger partial charge in [-0.3, -0.25) is 10.4 Å². The Morgan fingerprint density at radius 3 is 2.68 bits per heavy atom. The first-order valence-electron chi connectivity index (χ1n) is 9.36. The SMILES string of the molecule is Cc1ccnc2c1OCC/C2=N/NC(=S)N1CCN(c2ccc(O)cc2)CC1. The average Bonchev–Trinajstić information content (AvgIpc) is 2.73. The number of pyridine rings is 1. The number of fused-ring (bicyclic) bond motifs is 1. The molecule has 1 saturated heterocycles. The van der Waals surface area contributed by atoms with Crippen molar-refractivity contribution in [1.82, 2.24) is 15.3 Å². The van der Waals surface area contributed by atoms with E-state index in [9.17, 15) is 5.11 Å². The monoisotopic (exact) mass is 397 g/mol. The number of anilines is 1. The number of rotatable bonds is 2. The van der Waals surface area contributed by atoms with Gasteiger partial charge in [-0.05, 0) is 55.0 Å². The Morgan fingerprint density at radius 1 is 1.18 bits per heavy atom. The molecule has 28 heavy (non-hydrogen) atoms. The van der Waals surface area contributed by atoms with Crippen LogP contribution in [0.3, 0.4) is 0 Å². The molecular weight excluding hydrogens is 374 g/mol. The van der Waals surface area contributed by atoms with Gasteiger partial charge < -0.3 is 19.6 Å². The number of piperazine rings is 1. The lowest BCUT2D eigenvalue weighted by Gasteiger charge is -2.37. The van der Waals surface area contributed by atoms with Crippen molar-refractivity contribution in [2.75, 3.05) is 37.7 Å². The summed E-state index contributed by atoms with van der Waals surface area (Å²) < 4.78 is 5.73. The Morgan fingerprint density at radius 2 is 1.93 bits per heavy atom. The first-order chi connectivity index (χ1) is 13.6. The predicted molar refractivity (Wildman–Crippen MR) is 113 cm³/mol. The topological polar surface area (TPSA) is 73.2 Å². The van der Waals surface area contributed by atoms with Crippen molar-refractivity contribution in [2.45, 2.75) is 13.3 Å². The summed E-state index contributed by atoms with van der Waals surface area (Å²) in [6.07, 6.45) is 2.48.